The number of amidine groups is 1. The molecule has 0 spiro atoms. The number of rotatable bonds is 15. The zero-order chi connectivity index (χ0) is 35.7. The standard InChI is InChI=1S/C33H37N7O6S3/c1-19-15-22(39-32(36)37)17-25(40-33(43)38-13-4-3-5-14-46-23-11-9-20(10-12-23)30(41)42)28(19)21-7-6-8-24(16-21)49(44,45)27-18-26(29(34)35)48-31(27)47-2/h6-12,15-18H,3-5,13-14H2,1-2H3,(H3,34,35)(H,41,42)(H4,36,37,39)(H2,38,40,43). The van der Waals surface area contributed by atoms with Crippen LogP contribution in [0.25, 0.3) is 11.1 Å². The molecular formula is C33H37N7O6S3. The van der Waals surface area contributed by atoms with Crippen molar-refractivity contribution in [1.29, 1.82) is 5.41 Å². The fourth-order valence-electron chi connectivity index (χ4n) is 4.89. The van der Waals surface area contributed by atoms with E-state index in [-0.39, 0.29) is 27.1 Å². The van der Waals surface area contributed by atoms with E-state index in [2.05, 4.69) is 15.6 Å². The molecular weight excluding hydrogens is 687 g/mol. The highest BCUT2D eigenvalue weighted by atomic mass is 32.2. The maximum Gasteiger partial charge on any atom is 0.335 e. The van der Waals surface area contributed by atoms with Gasteiger partial charge in [-0.2, -0.15) is 0 Å². The molecule has 0 aliphatic carbocycles. The number of carboxylic acids is 1. The lowest BCUT2D eigenvalue weighted by atomic mass is 9.97. The van der Waals surface area contributed by atoms with Gasteiger partial charge in [0, 0.05) is 12.1 Å². The predicted molar refractivity (Wildman–Crippen MR) is 194 cm³/mol. The molecule has 1 aromatic heterocycles. The quantitative estimate of drug-likeness (QED) is 0.0350. The number of ether oxygens (including phenoxy) is 1. The van der Waals surface area contributed by atoms with Crippen molar-refractivity contribution in [2.45, 2.75) is 40.2 Å². The number of anilines is 1. The minimum absolute atomic E-state index is 0.0394. The van der Waals surface area contributed by atoms with Crippen LogP contribution in [-0.2, 0) is 9.84 Å². The molecule has 13 nitrogen and oxygen atoms in total. The van der Waals surface area contributed by atoms with Crippen LogP contribution in [0.3, 0.4) is 0 Å². The number of benzene rings is 3. The first-order chi connectivity index (χ1) is 23.3. The van der Waals surface area contributed by atoms with Gasteiger partial charge in [-0.3, -0.25) is 5.41 Å². The van der Waals surface area contributed by atoms with Gasteiger partial charge in [-0.15, -0.1) is 23.1 Å². The van der Waals surface area contributed by atoms with Gasteiger partial charge in [0.25, 0.3) is 0 Å². The van der Waals surface area contributed by atoms with Crippen LogP contribution in [0.15, 0.2) is 85.7 Å². The van der Waals surface area contributed by atoms with Crippen molar-refractivity contribution in [1.82, 2.24) is 5.32 Å². The van der Waals surface area contributed by atoms with Crippen molar-refractivity contribution in [3.63, 3.8) is 0 Å². The molecule has 3 aromatic carbocycles. The highest BCUT2D eigenvalue weighted by Crippen LogP contribution is 2.40. The summed E-state index contributed by atoms with van der Waals surface area (Å²) < 4.78 is 33.8. The summed E-state index contributed by atoms with van der Waals surface area (Å²) in [5.41, 5.74) is 19.6. The smallest absolute Gasteiger partial charge is 0.335 e. The molecule has 0 fully saturated rings. The van der Waals surface area contributed by atoms with E-state index in [0.29, 0.717) is 62.5 Å². The summed E-state index contributed by atoms with van der Waals surface area (Å²) in [5.74, 6) is -0.793. The Hall–Kier alpha value is -5.06. The van der Waals surface area contributed by atoms with Crippen molar-refractivity contribution in [2.75, 3.05) is 24.7 Å². The second-order valence-electron chi connectivity index (χ2n) is 10.8. The number of sulfone groups is 1. The van der Waals surface area contributed by atoms with Gasteiger partial charge in [0.15, 0.2) is 5.96 Å². The number of thioether (sulfide) groups is 1. The van der Waals surface area contributed by atoms with Crippen LogP contribution in [0.4, 0.5) is 16.2 Å². The summed E-state index contributed by atoms with van der Waals surface area (Å²) >= 11 is 2.41. The largest absolute Gasteiger partial charge is 0.494 e. The van der Waals surface area contributed by atoms with E-state index in [1.54, 1.807) is 55.6 Å². The lowest BCUT2D eigenvalue weighted by molar-refractivity contribution is 0.0696. The molecule has 4 aromatic rings. The molecule has 4 rings (SSSR count). The molecule has 258 valence electrons. The summed E-state index contributed by atoms with van der Waals surface area (Å²) in [4.78, 5) is 28.6. The number of carboxylic acid groups (broad SMARTS) is 1. The van der Waals surface area contributed by atoms with Crippen molar-refractivity contribution in [3.05, 3.63) is 82.7 Å². The van der Waals surface area contributed by atoms with E-state index in [9.17, 15) is 18.0 Å². The average Bonchev–Trinajstić information content (AvgIpc) is 3.50. The second-order valence-corrected chi connectivity index (χ2v) is 14.8. The van der Waals surface area contributed by atoms with E-state index in [1.165, 1.54) is 36.0 Å². The van der Waals surface area contributed by atoms with Crippen LogP contribution in [0.1, 0.15) is 40.1 Å². The Balaban J connectivity index is 1.47. The molecule has 2 amide bonds. The highest BCUT2D eigenvalue weighted by molar-refractivity contribution is 8.01. The molecule has 10 N–H and O–H groups in total. The minimum Gasteiger partial charge on any atom is -0.494 e. The lowest BCUT2D eigenvalue weighted by Crippen LogP contribution is -2.29. The Kier molecular flexibility index (Phi) is 12.3. The van der Waals surface area contributed by atoms with E-state index in [4.69, 9.17) is 32.5 Å². The number of nitrogens with zero attached hydrogens (tertiary/aromatic N) is 1. The fourth-order valence-corrected chi connectivity index (χ4v) is 8.79. The number of nitrogens with two attached hydrogens (primary N) is 3. The number of hydrogen-bond acceptors (Lipinski definition) is 9. The van der Waals surface area contributed by atoms with Gasteiger partial charge in [0.1, 0.15) is 11.6 Å². The zero-order valence-corrected chi connectivity index (χ0v) is 29.2. The Morgan fingerprint density at radius 1 is 1.02 bits per heavy atom. The maximum absolute atomic E-state index is 13.8. The Labute approximate surface area is 292 Å². The topological polar surface area (TPSA) is 236 Å². The molecule has 0 bridgehead atoms. The van der Waals surface area contributed by atoms with E-state index >= 15 is 0 Å². The zero-order valence-electron chi connectivity index (χ0n) is 26.8. The van der Waals surface area contributed by atoms with E-state index in [0.717, 1.165) is 24.2 Å². The molecule has 0 saturated heterocycles. The first-order valence-corrected chi connectivity index (χ1v) is 18.5. The van der Waals surface area contributed by atoms with Gasteiger partial charge < -0.3 is 37.7 Å². The van der Waals surface area contributed by atoms with Crippen molar-refractivity contribution >= 4 is 68.1 Å². The number of nitrogen functional groups attached to an aromatic ring is 1. The number of aromatic carboxylic acids is 1. The van der Waals surface area contributed by atoms with Crippen LogP contribution in [0.5, 0.6) is 5.75 Å². The lowest BCUT2D eigenvalue weighted by Gasteiger charge is -2.17. The van der Waals surface area contributed by atoms with Gasteiger partial charge in [-0.1, -0.05) is 12.1 Å². The third-order valence-corrected chi connectivity index (χ3v) is 11.5. The molecule has 0 atom stereocenters. The monoisotopic (exact) mass is 723 g/mol. The number of carbonyl (C=O) groups is 2. The SMILES string of the molecule is CSc1sc(C(=N)N)cc1S(=O)(=O)c1cccc(-c2c(C)cc(N=C(N)N)cc2NC(=O)NCCCCCOc2ccc(C(=O)O)cc2)c1. The van der Waals surface area contributed by atoms with Gasteiger partial charge >= 0.3 is 12.0 Å². The number of unbranched alkanes of at least 4 members (excludes halogenated alkanes) is 2. The Morgan fingerprint density at radius 3 is 2.41 bits per heavy atom. The van der Waals surface area contributed by atoms with Crippen molar-refractivity contribution < 1.29 is 27.9 Å². The fraction of sp³-hybridized carbons (Fsp3) is 0.212. The summed E-state index contributed by atoms with van der Waals surface area (Å²) in [5, 5.41) is 22.5. The maximum atomic E-state index is 13.8. The van der Waals surface area contributed by atoms with E-state index < -0.39 is 21.8 Å². The van der Waals surface area contributed by atoms with Crippen LogP contribution in [0, 0.1) is 12.3 Å². The molecule has 49 heavy (non-hydrogen) atoms. The first kappa shape index (κ1) is 36.8. The number of nitrogens with one attached hydrogen (secondary N) is 3. The van der Waals surface area contributed by atoms with Crippen molar-refractivity contribution in [2.24, 2.45) is 22.2 Å². The number of carbonyl (C=O) groups excluding carboxylic acids is 1. The van der Waals surface area contributed by atoms with Crippen molar-refractivity contribution in [3.8, 4) is 16.9 Å². The van der Waals surface area contributed by atoms with E-state index in [1.807, 2.05) is 0 Å². The molecule has 0 unspecified atom stereocenters. The first-order valence-electron chi connectivity index (χ1n) is 14.9. The molecule has 1 heterocycles. The third-order valence-electron chi connectivity index (χ3n) is 7.14. The predicted octanol–water partition coefficient (Wildman–Crippen LogP) is 5.54. The van der Waals surface area contributed by atoms with Gasteiger partial charge in [-0.25, -0.2) is 23.0 Å². The second kappa shape index (κ2) is 16.4. The number of aryl methyl sites for hydroxylation is 1. The van der Waals surface area contributed by atoms with Crippen LogP contribution in [-0.4, -0.2) is 56.7 Å². The highest BCUT2D eigenvalue weighted by Gasteiger charge is 2.26. The number of amides is 2. The Bertz CT molecular complexity index is 1990. The third kappa shape index (κ3) is 9.52. The molecule has 0 saturated carbocycles. The molecule has 0 aliphatic heterocycles. The number of guanidine groups is 1. The number of thiophene rings is 1. The van der Waals surface area contributed by atoms with Crippen LogP contribution >= 0.6 is 23.1 Å². The van der Waals surface area contributed by atoms with Crippen LogP contribution < -0.4 is 32.6 Å². The minimum atomic E-state index is -3.99. The molecule has 16 heteroatoms. The molecule has 0 aliphatic rings. The van der Waals surface area contributed by atoms with Gasteiger partial charge in [0.2, 0.25) is 9.84 Å². The summed E-state index contributed by atoms with van der Waals surface area (Å²) in [6.07, 6.45) is 3.94. The van der Waals surface area contributed by atoms with Crippen LogP contribution in [0.2, 0.25) is 0 Å². The summed E-state index contributed by atoms with van der Waals surface area (Å²) in [7, 11) is -3.99. The average molecular weight is 724 g/mol. The normalized spacial score (nSPS) is 11.1. The van der Waals surface area contributed by atoms with Gasteiger partial charge in [0.05, 0.1) is 42.4 Å². The summed E-state index contributed by atoms with van der Waals surface area (Å²) in [6, 6.07) is 16.9. The number of hydrogen-bond donors (Lipinski definition) is 7. The van der Waals surface area contributed by atoms with Gasteiger partial charge in [-0.05, 0) is 98.2 Å². The number of aliphatic imine (C=N–C) groups is 1. The summed E-state index contributed by atoms with van der Waals surface area (Å²) in [6.45, 7) is 2.63. The molecule has 0 radical (unpaired) electrons. The number of urea groups is 1. The Morgan fingerprint density at radius 2 is 1.76 bits per heavy atom.